The summed E-state index contributed by atoms with van der Waals surface area (Å²) in [6.45, 7) is 0. The Labute approximate surface area is 183 Å². The van der Waals surface area contributed by atoms with E-state index in [1.54, 1.807) is 6.21 Å². The number of anilines is 1. The first kappa shape index (κ1) is 20.5. The van der Waals surface area contributed by atoms with Crippen LogP contribution < -0.4 is 26.7 Å². The molecule has 152 valence electrons. The summed E-state index contributed by atoms with van der Waals surface area (Å²) in [5, 5.41) is 10.7. The number of benzene rings is 4. The van der Waals surface area contributed by atoms with Crippen LogP contribution in [0.25, 0.3) is 0 Å². The second-order valence-electron chi connectivity index (χ2n) is 6.76. The number of nitrogens with zero attached hydrogens (tertiary/aromatic N) is 1. The van der Waals surface area contributed by atoms with Gasteiger partial charge in [-0.1, -0.05) is 103 Å². The highest BCUT2D eigenvalue weighted by molar-refractivity contribution is 7.80. The molecule has 0 saturated heterocycles. The van der Waals surface area contributed by atoms with Gasteiger partial charge in [-0.15, -0.1) is 0 Å². The lowest BCUT2D eigenvalue weighted by molar-refractivity contribution is 0.252. The van der Waals surface area contributed by atoms with Crippen molar-refractivity contribution in [3.8, 4) is 0 Å². The van der Waals surface area contributed by atoms with Crippen LogP contribution in [-0.2, 0) is 0 Å². The van der Waals surface area contributed by atoms with Gasteiger partial charge in [0.1, 0.15) is 0 Å². The van der Waals surface area contributed by atoms with Gasteiger partial charge < -0.3 is 5.32 Å². The first-order valence-electron chi connectivity index (χ1n) is 9.95. The zero-order valence-electron chi connectivity index (χ0n) is 16.8. The SMILES string of the molecule is O=C(N/N=C/c1ccccc1P(c1ccccc1)c1ccccc1)Nc1ccccc1. The summed E-state index contributed by atoms with van der Waals surface area (Å²) < 4.78 is 0. The Morgan fingerprint density at radius 3 is 1.81 bits per heavy atom. The molecule has 0 bridgehead atoms. The molecular formula is C26H22N3OP. The number of amides is 2. The van der Waals surface area contributed by atoms with Crippen molar-refractivity contribution in [2.75, 3.05) is 5.32 Å². The van der Waals surface area contributed by atoms with Crippen molar-refractivity contribution in [2.45, 2.75) is 0 Å². The smallest absolute Gasteiger partial charge is 0.307 e. The average molecular weight is 423 g/mol. The normalized spacial score (nSPS) is 10.9. The Morgan fingerprint density at radius 2 is 1.19 bits per heavy atom. The quantitative estimate of drug-likeness (QED) is 0.266. The van der Waals surface area contributed by atoms with Gasteiger partial charge in [0.15, 0.2) is 0 Å². The van der Waals surface area contributed by atoms with Gasteiger partial charge in [0.05, 0.1) is 6.21 Å². The van der Waals surface area contributed by atoms with E-state index in [0.717, 1.165) is 5.56 Å². The summed E-state index contributed by atoms with van der Waals surface area (Å²) in [7, 11) is -0.758. The van der Waals surface area contributed by atoms with Crippen LogP contribution in [0.3, 0.4) is 0 Å². The predicted molar refractivity (Wildman–Crippen MR) is 131 cm³/mol. The highest BCUT2D eigenvalue weighted by atomic mass is 31.1. The van der Waals surface area contributed by atoms with Crippen molar-refractivity contribution in [3.63, 3.8) is 0 Å². The van der Waals surface area contributed by atoms with Crippen LogP contribution in [0.5, 0.6) is 0 Å². The maximum Gasteiger partial charge on any atom is 0.339 e. The van der Waals surface area contributed by atoms with Crippen LogP contribution in [-0.4, -0.2) is 12.2 Å². The first-order valence-corrected chi connectivity index (χ1v) is 11.3. The van der Waals surface area contributed by atoms with Crippen molar-refractivity contribution in [3.05, 3.63) is 121 Å². The molecule has 0 aromatic heterocycles. The van der Waals surface area contributed by atoms with E-state index >= 15 is 0 Å². The van der Waals surface area contributed by atoms with E-state index in [1.807, 2.05) is 60.7 Å². The molecule has 4 aromatic carbocycles. The van der Waals surface area contributed by atoms with Crippen molar-refractivity contribution >= 4 is 41.8 Å². The minimum Gasteiger partial charge on any atom is -0.307 e. The minimum absolute atomic E-state index is 0.381. The molecule has 0 fully saturated rings. The van der Waals surface area contributed by atoms with Crippen LogP contribution in [0.1, 0.15) is 5.56 Å². The molecule has 0 heterocycles. The zero-order chi connectivity index (χ0) is 21.3. The van der Waals surface area contributed by atoms with Crippen LogP contribution >= 0.6 is 7.92 Å². The summed E-state index contributed by atoms with van der Waals surface area (Å²) in [6, 6.07) is 38.1. The van der Waals surface area contributed by atoms with Crippen LogP contribution in [0.4, 0.5) is 10.5 Å². The zero-order valence-corrected chi connectivity index (χ0v) is 17.7. The van der Waals surface area contributed by atoms with E-state index in [9.17, 15) is 4.79 Å². The van der Waals surface area contributed by atoms with E-state index in [1.165, 1.54) is 15.9 Å². The standard InChI is InChI=1S/C26H22N3OP/c30-26(28-22-13-4-1-5-14-22)29-27-20-21-12-10-11-19-25(21)31(23-15-6-2-7-16-23)24-17-8-3-9-18-24/h1-20H,(H2,28,29,30)/b27-20+. The third kappa shape index (κ3) is 5.44. The van der Waals surface area contributed by atoms with Crippen LogP contribution in [0.15, 0.2) is 120 Å². The number of hydrogen-bond donors (Lipinski definition) is 2. The molecule has 0 unspecified atom stereocenters. The number of hydrogen-bond acceptors (Lipinski definition) is 2. The number of nitrogens with one attached hydrogen (secondary N) is 2. The molecule has 4 aromatic rings. The second kappa shape index (κ2) is 10.3. The maximum absolute atomic E-state index is 12.1. The van der Waals surface area contributed by atoms with E-state index < -0.39 is 7.92 Å². The molecule has 0 spiro atoms. The molecule has 0 aliphatic carbocycles. The number of carbonyl (C=O) groups is 1. The monoisotopic (exact) mass is 423 g/mol. The molecule has 4 rings (SSSR count). The van der Waals surface area contributed by atoms with Crippen molar-refractivity contribution in [2.24, 2.45) is 5.10 Å². The van der Waals surface area contributed by atoms with Gasteiger partial charge in [0.25, 0.3) is 0 Å². The molecule has 2 N–H and O–H groups in total. The number of carbonyl (C=O) groups excluding carboxylic acids is 1. The third-order valence-corrected chi connectivity index (χ3v) is 7.13. The molecule has 0 aliphatic rings. The number of rotatable bonds is 6. The minimum atomic E-state index is -0.758. The molecule has 0 saturated carbocycles. The number of urea groups is 1. The third-order valence-electron chi connectivity index (χ3n) is 4.61. The lowest BCUT2D eigenvalue weighted by Crippen LogP contribution is -2.25. The van der Waals surface area contributed by atoms with Crippen LogP contribution in [0, 0.1) is 0 Å². The van der Waals surface area contributed by atoms with Gasteiger partial charge in [0, 0.05) is 11.3 Å². The summed E-state index contributed by atoms with van der Waals surface area (Å²) in [4.78, 5) is 12.1. The van der Waals surface area contributed by atoms with Gasteiger partial charge >= 0.3 is 6.03 Å². The number of para-hydroxylation sites is 1. The average Bonchev–Trinajstić information content (AvgIpc) is 2.82. The predicted octanol–water partition coefficient (Wildman–Crippen LogP) is 4.60. The fraction of sp³-hybridized carbons (Fsp3) is 0. The lowest BCUT2D eigenvalue weighted by atomic mass is 10.2. The summed E-state index contributed by atoms with van der Waals surface area (Å²) in [6.07, 6.45) is 1.71. The fourth-order valence-electron chi connectivity index (χ4n) is 3.22. The molecular weight excluding hydrogens is 401 g/mol. The summed E-state index contributed by atoms with van der Waals surface area (Å²) in [5.74, 6) is 0. The maximum atomic E-state index is 12.1. The van der Waals surface area contributed by atoms with Crippen molar-refractivity contribution in [1.82, 2.24) is 5.43 Å². The highest BCUT2D eigenvalue weighted by Gasteiger charge is 2.18. The molecule has 0 aliphatic heterocycles. The van der Waals surface area contributed by atoms with E-state index in [4.69, 9.17) is 0 Å². The largest absolute Gasteiger partial charge is 0.339 e. The fourth-order valence-corrected chi connectivity index (χ4v) is 5.64. The van der Waals surface area contributed by atoms with Gasteiger partial charge in [-0.2, -0.15) is 5.10 Å². The van der Waals surface area contributed by atoms with Gasteiger partial charge in [-0.05, 0) is 36.0 Å². The Bertz CT molecular complexity index is 1110. The molecule has 0 radical (unpaired) electrons. The lowest BCUT2D eigenvalue weighted by Gasteiger charge is -2.21. The second-order valence-corrected chi connectivity index (χ2v) is 8.94. The Balaban J connectivity index is 1.59. The van der Waals surface area contributed by atoms with E-state index in [0.29, 0.717) is 5.69 Å². The topological polar surface area (TPSA) is 53.5 Å². The Morgan fingerprint density at radius 1 is 0.677 bits per heavy atom. The molecule has 5 heteroatoms. The summed E-state index contributed by atoms with van der Waals surface area (Å²) in [5.41, 5.74) is 4.24. The highest BCUT2D eigenvalue weighted by Crippen LogP contribution is 2.33. The van der Waals surface area contributed by atoms with E-state index in [2.05, 4.69) is 70.4 Å². The van der Waals surface area contributed by atoms with Crippen molar-refractivity contribution in [1.29, 1.82) is 0 Å². The molecule has 2 amide bonds. The Kier molecular flexibility index (Phi) is 6.84. The molecule has 4 nitrogen and oxygen atoms in total. The summed E-state index contributed by atoms with van der Waals surface area (Å²) >= 11 is 0. The Hall–Kier alpha value is -3.75. The van der Waals surface area contributed by atoms with E-state index in [-0.39, 0.29) is 6.03 Å². The van der Waals surface area contributed by atoms with Gasteiger partial charge in [-0.25, -0.2) is 10.2 Å². The number of hydrazone groups is 1. The van der Waals surface area contributed by atoms with Gasteiger partial charge in [0.2, 0.25) is 0 Å². The van der Waals surface area contributed by atoms with Crippen molar-refractivity contribution < 1.29 is 4.79 Å². The molecule has 31 heavy (non-hydrogen) atoms. The van der Waals surface area contributed by atoms with Gasteiger partial charge in [-0.3, -0.25) is 0 Å². The van der Waals surface area contributed by atoms with Crippen LogP contribution in [0.2, 0.25) is 0 Å². The molecule has 0 atom stereocenters. The first-order chi connectivity index (χ1) is 15.3.